The third kappa shape index (κ3) is 6.18. The molecule has 11 rings (SSSR count). The lowest BCUT2D eigenvalue weighted by molar-refractivity contribution is 0.413. The zero-order chi connectivity index (χ0) is 43.9. The minimum absolute atomic E-state index is 0.164. The molecule has 3 aliphatic rings. The van der Waals surface area contributed by atoms with E-state index in [4.69, 9.17) is 24.0 Å². The number of benzene rings is 7. The molecule has 0 aliphatic carbocycles. The van der Waals surface area contributed by atoms with Crippen molar-refractivity contribution in [3.8, 4) is 34.3 Å². The van der Waals surface area contributed by atoms with Crippen LogP contribution in [-0.2, 0) is 11.0 Å². The van der Waals surface area contributed by atoms with E-state index in [1.54, 1.807) is 52.0 Å². The molecule has 1 aromatic heterocycles. The quantitative estimate of drug-likeness (QED) is 0.148. The first-order valence-electron chi connectivity index (χ1n) is 21.2. The molecule has 3 aliphatic heterocycles. The molecule has 8 aromatic rings. The minimum Gasteiger partial charge on any atom is -0.497 e. The summed E-state index contributed by atoms with van der Waals surface area (Å²) in [4.78, 5) is 9.11. The van der Waals surface area contributed by atoms with Crippen LogP contribution in [0, 0.1) is 0 Å². The summed E-state index contributed by atoms with van der Waals surface area (Å²) in [7, 11) is 6.84. The Morgan fingerprint density at radius 3 is 1.23 bits per heavy atom. The highest BCUT2D eigenvalue weighted by molar-refractivity contribution is 8.00. The van der Waals surface area contributed by atoms with Gasteiger partial charge in [0.05, 0.1) is 62.6 Å². The molecule has 0 bridgehead atoms. The minimum atomic E-state index is -0.783. The van der Waals surface area contributed by atoms with Crippen molar-refractivity contribution in [3.05, 3.63) is 174 Å². The highest BCUT2D eigenvalue weighted by atomic mass is 32.2. The second kappa shape index (κ2) is 15.2. The fourth-order valence-corrected chi connectivity index (χ4v) is 11.6. The van der Waals surface area contributed by atoms with Gasteiger partial charge in [-0.05, 0) is 120 Å². The van der Waals surface area contributed by atoms with Gasteiger partial charge in [-0.2, -0.15) is 5.10 Å². The van der Waals surface area contributed by atoms with Crippen molar-refractivity contribution in [1.29, 1.82) is 0 Å². The maximum Gasteiger partial charge on any atom is 0.139 e. The SMILES string of the molecule is COc1ccc2c(c1)Sc1cc(OC)ccc1N2c1ccc(C2(c3ccc(N4c5ccc(OC)cc5Sc5cc(OC)ccc54)cc3)c3ccccc3-c3cc(C(C)(C)C)nn32)cc1. The molecule has 0 radical (unpaired) electrons. The number of ether oxygens (including phenoxy) is 4. The maximum absolute atomic E-state index is 5.67. The molecule has 0 saturated heterocycles. The van der Waals surface area contributed by atoms with Crippen LogP contribution in [0.4, 0.5) is 34.1 Å². The van der Waals surface area contributed by atoms with Crippen LogP contribution >= 0.6 is 23.5 Å². The lowest BCUT2D eigenvalue weighted by Crippen LogP contribution is -2.36. The van der Waals surface area contributed by atoms with Gasteiger partial charge in [0.15, 0.2) is 0 Å². The lowest BCUT2D eigenvalue weighted by Gasteiger charge is -2.36. The lowest BCUT2D eigenvalue weighted by atomic mass is 9.77. The summed E-state index contributed by atoms with van der Waals surface area (Å²) in [5, 5.41) is 5.53. The van der Waals surface area contributed by atoms with Gasteiger partial charge in [0.1, 0.15) is 28.5 Å². The van der Waals surface area contributed by atoms with Gasteiger partial charge >= 0.3 is 0 Å². The van der Waals surface area contributed by atoms with Crippen LogP contribution in [0.15, 0.2) is 171 Å². The molecule has 0 N–H and O–H groups in total. The first-order chi connectivity index (χ1) is 31.1. The molecule has 0 unspecified atom stereocenters. The largest absolute Gasteiger partial charge is 0.497 e. The number of rotatable bonds is 8. The monoisotopic (exact) mass is 878 g/mol. The second-order valence-electron chi connectivity index (χ2n) is 17.1. The number of hydrogen-bond donors (Lipinski definition) is 0. The Bertz CT molecular complexity index is 2860. The average Bonchev–Trinajstić information content (AvgIpc) is 3.90. The molecule has 8 nitrogen and oxygen atoms in total. The molecule has 64 heavy (non-hydrogen) atoms. The molecule has 7 aromatic carbocycles. The smallest absolute Gasteiger partial charge is 0.139 e. The first-order valence-corrected chi connectivity index (χ1v) is 22.9. The molecule has 0 saturated carbocycles. The van der Waals surface area contributed by atoms with Gasteiger partial charge in [0.2, 0.25) is 0 Å². The summed E-state index contributed by atoms with van der Waals surface area (Å²) in [5.74, 6) is 3.27. The van der Waals surface area contributed by atoms with E-state index in [1.807, 2.05) is 24.3 Å². The van der Waals surface area contributed by atoms with Crippen LogP contribution in [0.5, 0.6) is 23.0 Å². The zero-order valence-electron chi connectivity index (χ0n) is 36.7. The van der Waals surface area contributed by atoms with Gasteiger partial charge < -0.3 is 28.7 Å². The average molecular weight is 879 g/mol. The van der Waals surface area contributed by atoms with Crippen molar-refractivity contribution in [2.45, 2.75) is 51.3 Å². The Hall–Kier alpha value is -6.75. The summed E-state index contributed by atoms with van der Waals surface area (Å²) >= 11 is 3.45. The van der Waals surface area contributed by atoms with Gasteiger partial charge in [0, 0.05) is 41.9 Å². The number of hydrogen-bond acceptors (Lipinski definition) is 9. The number of fused-ring (bicyclic) bond motifs is 7. The predicted molar refractivity (Wildman–Crippen MR) is 258 cm³/mol. The van der Waals surface area contributed by atoms with Crippen molar-refractivity contribution in [2.24, 2.45) is 0 Å². The summed E-state index contributed by atoms with van der Waals surface area (Å²) in [5.41, 5.74) is 12.2. The predicted octanol–water partition coefficient (Wildman–Crippen LogP) is 13.9. The summed E-state index contributed by atoms with van der Waals surface area (Å²) in [6, 6.07) is 54.4. The van der Waals surface area contributed by atoms with Crippen LogP contribution in [0.3, 0.4) is 0 Å². The molecule has 0 spiro atoms. The van der Waals surface area contributed by atoms with E-state index in [9.17, 15) is 0 Å². The topological polar surface area (TPSA) is 61.2 Å². The fourth-order valence-electron chi connectivity index (χ4n) is 9.36. The molecule has 4 heterocycles. The maximum atomic E-state index is 5.67. The number of aromatic nitrogens is 2. The van der Waals surface area contributed by atoms with Crippen molar-refractivity contribution < 1.29 is 18.9 Å². The molecular formula is C54H46N4O4S2. The Balaban J connectivity index is 1.09. The third-order valence-electron chi connectivity index (χ3n) is 12.5. The second-order valence-corrected chi connectivity index (χ2v) is 19.3. The standard InChI is InChI=1S/C54H46N4O4S2/c1-53(2,3)52-32-47-41-10-8-9-11-42(41)54(58(47)55-52,33-12-16-35(17-13-33)56-43-24-20-37(59-4)28-48(43)63-49-29-38(60-5)21-25-44(49)56)34-14-18-36(19-15-34)57-45-26-22-39(61-6)30-50(45)64-51-31-40(62-7)23-27-46(51)57/h8-32H,1-7H3. The normalized spacial score (nSPS) is 14.1. The van der Waals surface area contributed by atoms with Gasteiger partial charge in [-0.25, -0.2) is 4.68 Å². The number of nitrogens with zero attached hydrogens (tertiary/aromatic N) is 4. The van der Waals surface area contributed by atoms with E-state index in [0.717, 1.165) is 99.2 Å². The Morgan fingerprint density at radius 2 is 0.859 bits per heavy atom. The van der Waals surface area contributed by atoms with E-state index in [1.165, 1.54) is 11.1 Å². The van der Waals surface area contributed by atoms with E-state index in [2.05, 4.69) is 163 Å². The Morgan fingerprint density at radius 1 is 0.469 bits per heavy atom. The van der Waals surface area contributed by atoms with Crippen LogP contribution < -0.4 is 28.7 Å². The van der Waals surface area contributed by atoms with Crippen molar-refractivity contribution in [2.75, 3.05) is 38.2 Å². The van der Waals surface area contributed by atoms with E-state index < -0.39 is 5.54 Å². The van der Waals surface area contributed by atoms with Gasteiger partial charge in [0.25, 0.3) is 0 Å². The van der Waals surface area contributed by atoms with Gasteiger partial charge in [-0.1, -0.05) is 92.8 Å². The Kier molecular flexibility index (Phi) is 9.52. The molecule has 10 heteroatoms. The summed E-state index contributed by atoms with van der Waals surface area (Å²) in [6.07, 6.45) is 0. The highest BCUT2D eigenvalue weighted by Gasteiger charge is 2.48. The molecule has 0 amide bonds. The van der Waals surface area contributed by atoms with E-state index >= 15 is 0 Å². The molecule has 0 atom stereocenters. The number of methoxy groups -OCH3 is 4. The van der Waals surface area contributed by atoms with Crippen LogP contribution in [0.2, 0.25) is 0 Å². The van der Waals surface area contributed by atoms with Gasteiger partial charge in [-0.3, -0.25) is 0 Å². The molecule has 318 valence electrons. The van der Waals surface area contributed by atoms with Gasteiger partial charge in [-0.15, -0.1) is 0 Å². The summed E-state index contributed by atoms with van der Waals surface area (Å²) < 4.78 is 25.0. The zero-order valence-corrected chi connectivity index (χ0v) is 38.3. The van der Waals surface area contributed by atoms with Crippen LogP contribution in [0.1, 0.15) is 43.2 Å². The van der Waals surface area contributed by atoms with E-state index in [-0.39, 0.29) is 5.41 Å². The number of anilines is 6. The molecule has 0 fully saturated rings. The van der Waals surface area contributed by atoms with Crippen LogP contribution in [0.25, 0.3) is 11.3 Å². The summed E-state index contributed by atoms with van der Waals surface area (Å²) in [6.45, 7) is 6.70. The molecular weight excluding hydrogens is 833 g/mol. The van der Waals surface area contributed by atoms with E-state index in [0.29, 0.717) is 0 Å². The van der Waals surface area contributed by atoms with Crippen molar-refractivity contribution in [1.82, 2.24) is 9.78 Å². The van der Waals surface area contributed by atoms with Crippen LogP contribution in [-0.4, -0.2) is 38.2 Å². The fraction of sp³-hybridized carbons (Fsp3) is 0.167. The third-order valence-corrected chi connectivity index (χ3v) is 14.7. The first kappa shape index (κ1) is 40.1. The Labute approximate surface area is 382 Å². The van der Waals surface area contributed by atoms with Crippen molar-refractivity contribution >= 4 is 57.6 Å². The highest BCUT2D eigenvalue weighted by Crippen LogP contribution is 2.57. The van der Waals surface area contributed by atoms with Crippen molar-refractivity contribution in [3.63, 3.8) is 0 Å².